The van der Waals surface area contributed by atoms with Gasteiger partial charge in [0.2, 0.25) is 0 Å². The number of carbonyl (C=O) groups excluding carboxylic acids is 2. The van der Waals surface area contributed by atoms with Crippen LogP contribution in [0.4, 0.5) is 5.69 Å². The monoisotopic (exact) mass is 323 g/mol. The summed E-state index contributed by atoms with van der Waals surface area (Å²) >= 11 is 7.36. The molecule has 110 valence electrons. The van der Waals surface area contributed by atoms with Crippen molar-refractivity contribution in [1.82, 2.24) is 0 Å². The summed E-state index contributed by atoms with van der Waals surface area (Å²) in [5, 5.41) is 5.05. The number of esters is 1. The summed E-state index contributed by atoms with van der Waals surface area (Å²) in [6, 6.07) is 6.51. The Morgan fingerprint density at radius 3 is 2.48 bits per heavy atom. The molecule has 0 aliphatic rings. The maximum Gasteiger partial charge on any atom is 0.338 e. The molecular formula is C15H14ClNO3S. The Kier molecular flexibility index (Phi) is 4.98. The van der Waals surface area contributed by atoms with Crippen LogP contribution in [0.25, 0.3) is 0 Å². The van der Waals surface area contributed by atoms with Crippen LogP contribution < -0.4 is 5.32 Å². The number of amides is 1. The first-order valence-electron chi connectivity index (χ1n) is 6.35. The third-order valence-electron chi connectivity index (χ3n) is 2.76. The quantitative estimate of drug-likeness (QED) is 0.860. The molecule has 0 saturated carbocycles. The van der Waals surface area contributed by atoms with Crippen molar-refractivity contribution in [3.8, 4) is 0 Å². The highest BCUT2D eigenvalue weighted by Gasteiger charge is 2.15. The van der Waals surface area contributed by atoms with Crippen LogP contribution in [0.1, 0.15) is 32.5 Å². The molecule has 0 spiro atoms. The number of thiophene rings is 1. The van der Waals surface area contributed by atoms with Crippen LogP contribution in [0.5, 0.6) is 0 Å². The molecule has 1 amide bonds. The fourth-order valence-corrected chi connectivity index (χ4v) is 2.85. The standard InChI is InChI=1S/C15H14ClNO3S/c1-3-20-15(19)10-4-6-11(7-5-10)17-14(18)13-12(16)9(2)8-21-13/h4-8H,3H2,1-2H3,(H,17,18). The van der Waals surface area contributed by atoms with E-state index in [-0.39, 0.29) is 11.9 Å². The Morgan fingerprint density at radius 1 is 1.29 bits per heavy atom. The van der Waals surface area contributed by atoms with Gasteiger partial charge in [-0.2, -0.15) is 0 Å². The minimum Gasteiger partial charge on any atom is -0.462 e. The summed E-state index contributed by atoms with van der Waals surface area (Å²) in [7, 11) is 0. The van der Waals surface area contributed by atoms with E-state index >= 15 is 0 Å². The maximum absolute atomic E-state index is 12.1. The van der Waals surface area contributed by atoms with Gasteiger partial charge in [-0.05, 0) is 49.1 Å². The molecule has 6 heteroatoms. The first kappa shape index (κ1) is 15.5. The van der Waals surface area contributed by atoms with Gasteiger partial charge >= 0.3 is 5.97 Å². The van der Waals surface area contributed by atoms with E-state index in [9.17, 15) is 9.59 Å². The van der Waals surface area contributed by atoms with E-state index < -0.39 is 0 Å². The minimum atomic E-state index is -0.382. The third-order valence-corrected chi connectivity index (χ3v) is 4.46. The van der Waals surface area contributed by atoms with Crippen LogP contribution in [0, 0.1) is 6.92 Å². The van der Waals surface area contributed by atoms with Crippen molar-refractivity contribution in [3.05, 3.63) is 50.7 Å². The summed E-state index contributed by atoms with van der Waals surface area (Å²) in [4.78, 5) is 24.1. The fraction of sp³-hybridized carbons (Fsp3) is 0.200. The van der Waals surface area contributed by atoms with E-state index in [0.717, 1.165) is 5.56 Å². The predicted molar refractivity (Wildman–Crippen MR) is 84.4 cm³/mol. The number of hydrogen-bond donors (Lipinski definition) is 1. The Hall–Kier alpha value is -1.85. The van der Waals surface area contributed by atoms with Crippen LogP contribution in [0.15, 0.2) is 29.6 Å². The highest BCUT2D eigenvalue weighted by Crippen LogP contribution is 2.27. The zero-order chi connectivity index (χ0) is 15.4. The lowest BCUT2D eigenvalue weighted by Gasteiger charge is -2.06. The smallest absolute Gasteiger partial charge is 0.338 e. The maximum atomic E-state index is 12.1. The average Bonchev–Trinajstić information content (AvgIpc) is 2.80. The Bertz CT molecular complexity index is 664. The topological polar surface area (TPSA) is 55.4 Å². The number of ether oxygens (including phenoxy) is 1. The van der Waals surface area contributed by atoms with Crippen LogP contribution in [0.2, 0.25) is 5.02 Å². The van der Waals surface area contributed by atoms with Crippen LogP contribution in [-0.4, -0.2) is 18.5 Å². The number of nitrogens with one attached hydrogen (secondary N) is 1. The van der Waals surface area contributed by atoms with Gasteiger partial charge in [-0.1, -0.05) is 11.6 Å². The Morgan fingerprint density at radius 2 is 1.95 bits per heavy atom. The first-order valence-corrected chi connectivity index (χ1v) is 7.60. The summed E-state index contributed by atoms with van der Waals surface area (Å²) in [6.07, 6.45) is 0. The van der Waals surface area contributed by atoms with Crippen LogP contribution in [0.3, 0.4) is 0 Å². The van der Waals surface area contributed by atoms with E-state index in [1.165, 1.54) is 11.3 Å². The molecule has 0 aliphatic carbocycles. The number of anilines is 1. The average molecular weight is 324 g/mol. The van der Waals surface area contributed by atoms with Crippen molar-refractivity contribution >= 4 is 40.5 Å². The van der Waals surface area contributed by atoms with Crippen molar-refractivity contribution in [2.24, 2.45) is 0 Å². The predicted octanol–water partition coefficient (Wildman–Crippen LogP) is 4.14. The molecule has 1 heterocycles. The fourth-order valence-electron chi connectivity index (χ4n) is 1.67. The van der Waals surface area contributed by atoms with Gasteiger partial charge in [-0.3, -0.25) is 4.79 Å². The van der Waals surface area contributed by atoms with Crippen molar-refractivity contribution in [1.29, 1.82) is 0 Å². The zero-order valence-electron chi connectivity index (χ0n) is 11.6. The zero-order valence-corrected chi connectivity index (χ0v) is 13.2. The van der Waals surface area contributed by atoms with Crippen molar-refractivity contribution in [2.75, 3.05) is 11.9 Å². The van der Waals surface area contributed by atoms with Gasteiger partial charge in [0.1, 0.15) is 4.88 Å². The molecule has 1 aromatic carbocycles. The van der Waals surface area contributed by atoms with Crippen molar-refractivity contribution in [3.63, 3.8) is 0 Å². The van der Waals surface area contributed by atoms with E-state index in [4.69, 9.17) is 16.3 Å². The number of halogens is 1. The normalized spacial score (nSPS) is 10.2. The molecule has 0 radical (unpaired) electrons. The molecular weight excluding hydrogens is 310 g/mol. The number of carbonyl (C=O) groups is 2. The SMILES string of the molecule is CCOC(=O)c1ccc(NC(=O)c2scc(C)c2Cl)cc1. The highest BCUT2D eigenvalue weighted by molar-refractivity contribution is 7.13. The molecule has 2 rings (SSSR count). The molecule has 0 aliphatic heterocycles. The van der Waals surface area contributed by atoms with Crippen molar-refractivity contribution < 1.29 is 14.3 Å². The van der Waals surface area contributed by atoms with Gasteiger partial charge in [-0.15, -0.1) is 11.3 Å². The lowest BCUT2D eigenvalue weighted by atomic mass is 10.2. The van der Waals surface area contributed by atoms with E-state index in [0.29, 0.717) is 27.8 Å². The molecule has 0 atom stereocenters. The summed E-state index contributed by atoms with van der Waals surface area (Å²) < 4.78 is 4.89. The van der Waals surface area contributed by atoms with Crippen LogP contribution in [-0.2, 0) is 4.74 Å². The minimum absolute atomic E-state index is 0.262. The van der Waals surface area contributed by atoms with Gasteiger partial charge in [0.25, 0.3) is 5.91 Å². The second-order valence-corrected chi connectivity index (χ2v) is 5.57. The van der Waals surface area contributed by atoms with Gasteiger partial charge in [0.15, 0.2) is 0 Å². The molecule has 21 heavy (non-hydrogen) atoms. The van der Waals surface area contributed by atoms with Crippen molar-refractivity contribution in [2.45, 2.75) is 13.8 Å². The second-order valence-electron chi connectivity index (χ2n) is 4.31. The summed E-state index contributed by atoms with van der Waals surface area (Å²) in [5.41, 5.74) is 1.92. The summed E-state index contributed by atoms with van der Waals surface area (Å²) in [5.74, 6) is -0.644. The number of aryl methyl sites for hydroxylation is 1. The highest BCUT2D eigenvalue weighted by atomic mass is 35.5. The van der Waals surface area contributed by atoms with Gasteiger partial charge in [0, 0.05) is 5.69 Å². The molecule has 0 bridgehead atoms. The van der Waals surface area contributed by atoms with Gasteiger partial charge in [0.05, 0.1) is 17.2 Å². The molecule has 0 unspecified atom stereocenters. The van der Waals surface area contributed by atoms with Gasteiger partial charge in [-0.25, -0.2) is 4.79 Å². The molecule has 0 saturated heterocycles. The second kappa shape index (κ2) is 6.74. The molecule has 2 aromatic rings. The largest absolute Gasteiger partial charge is 0.462 e. The molecule has 4 nitrogen and oxygen atoms in total. The van der Waals surface area contributed by atoms with E-state index in [1.807, 2.05) is 12.3 Å². The summed E-state index contributed by atoms with van der Waals surface area (Å²) in [6.45, 7) is 3.93. The first-order chi connectivity index (χ1) is 10.0. The van der Waals surface area contributed by atoms with Crippen LogP contribution >= 0.6 is 22.9 Å². The lowest BCUT2D eigenvalue weighted by molar-refractivity contribution is 0.0526. The number of benzene rings is 1. The molecule has 0 fully saturated rings. The lowest BCUT2D eigenvalue weighted by Crippen LogP contribution is -2.11. The number of rotatable bonds is 4. The Labute approximate surface area is 131 Å². The van der Waals surface area contributed by atoms with E-state index in [1.54, 1.807) is 31.2 Å². The van der Waals surface area contributed by atoms with Gasteiger partial charge < -0.3 is 10.1 Å². The number of hydrogen-bond acceptors (Lipinski definition) is 4. The Balaban J connectivity index is 2.08. The molecule has 1 N–H and O–H groups in total. The third kappa shape index (κ3) is 3.62. The van der Waals surface area contributed by atoms with E-state index in [2.05, 4.69) is 5.32 Å². The molecule has 1 aromatic heterocycles.